The highest BCUT2D eigenvalue weighted by Gasteiger charge is 2.22. The largest absolute Gasteiger partial charge is 0.338 e. The highest BCUT2D eigenvalue weighted by Crippen LogP contribution is 2.16. The van der Waals surface area contributed by atoms with E-state index in [0.717, 1.165) is 32.4 Å². The number of amides is 1. The average molecular weight is 278 g/mol. The van der Waals surface area contributed by atoms with Gasteiger partial charge in [0.25, 0.3) is 5.91 Å². The summed E-state index contributed by atoms with van der Waals surface area (Å²) < 4.78 is 13.8. The second-order valence-corrected chi connectivity index (χ2v) is 5.44. The number of carbonyl (C=O) groups excluding carboxylic acids is 1. The third-order valence-corrected chi connectivity index (χ3v) is 3.76. The molecule has 1 aromatic rings. The van der Waals surface area contributed by atoms with Crippen LogP contribution in [0.3, 0.4) is 0 Å². The van der Waals surface area contributed by atoms with Gasteiger partial charge >= 0.3 is 0 Å². The van der Waals surface area contributed by atoms with Crippen LogP contribution in [0.2, 0.25) is 0 Å². The fraction of sp³-hybridized carbons (Fsp3) is 0.562. The minimum atomic E-state index is -0.430. The van der Waals surface area contributed by atoms with E-state index in [-0.39, 0.29) is 11.5 Å². The van der Waals surface area contributed by atoms with E-state index in [1.807, 2.05) is 6.92 Å². The second-order valence-electron chi connectivity index (χ2n) is 5.44. The van der Waals surface area contributed by atoms with Crippen molar-refractivity contribution in [3.8, 4) is 0 Å². The van der Waals surface area contributed by atoms with E-state index in [0.29, 0.717) is 19.0 Å². The van der Waals surface area contributed by atoms with E-state index >= 15 is 0 Å². The predicted molar refractivity (Wildman–Crippen MR) is 78.2 cm³/mol. The van der Waals surface area contributed by atoms with E-state index < -0.39 is 5.82 Å². The van der Waals surface area contributed by atoms with Crippen LogP contribution in [0.1, 0.15) is 36.5 Å². The summed E-state index contributed by atoms with van der Waals surface area (Å²) in [7, 11) is 0. The summed E-state index contributed by atoms with van der Waals surface area (Å²) >= 11 is 0. The minimum absolute atomic E-state index is 0.185. The summed E-state index contributed by atoms with van der Waals surface area (Å²) in [6.07, 6.45) is 3.18. The summed E-state index contributed by atoms with van der Waals surface area (Å²) in [6.45, 7) is 5.45. The van der Waals surface area contributed by atoms with Crippen LogP contribution in [0.15, 0.2) is 24.3 Å². The molecule has 0 spiro atoms. The Bertz CT molecular complexity index is 444. The van der Waals surface area contributed by atoms with Crippen LogP contribution in [0.4, 0.5) is 4.39 Å². The van der Waals surface area contributed by atoms with Crippen molar-refractivity contribution in [3.63, 3.8) is 0 Å². The zero-order valence-corrected chi connectivity index (χ0v) is 12.1. The molecule has 0 radical (unpaired) electrons. The lowest BCUT2D eigenvalue weighted by molar-refractivity contribution is 0.0714. The first-order chi connectivity index (χ1) is 9.72. The highest BCUT2D eigenvalue weighted by atomic mass is 19.1. The zero-order valence-electron chi connectivity index (χ0n) is 12.1. The number of piperidine rings is 1. The Hall–Kier alpha value is -1.42. The molecule has 0 aromatic heterocycles. The average Bonchev–Trinajstić information content (AvgIpc) is 2.48. The molecule has 20 heavy (non-hydrogen) atoms. The van der Waals surface area contributed by atoms with Crippen molar-refractivity contribution >= 4 is 5.91 Å². The van der Waals surface area contributed by atoms with Gasteiger partial charge in [0.15, 0.2) is 0 Å². The molecule has 1 fully saturated rings. The molecule has 0 aliphatic carbocycles. The lowest BCUT2D eigenvalue weighted by atomic mass is 9.98. The van der Waals surface area contributed by atoms with E-state index in [2.05, 4.69) is 5.32 Å². The van der Waals surface area contributed by atoms with E-state index in [4.69, 9.17) is 0 Å². The monoisotopic (exact) mass is 278 g/mol. The molecule has 1 N–H and O–H groups in total. The van der Waals surface area contributed by atoms with Gasteiger partial charge in [-0.1, -0.05) is 19.1 Å². The van der Waals surface area contributed by atoms with Crippen LogP contribution in [0, 0.1) is 11.7 Å². The number of benzene rings is 1. The molecular weight excluding hydrogens is 255 g/mol. The molecule has 1 aliphatic heterocycles. The van der Waals surface area contributed by atoms with Crippen molar-refractivity contribution in [2.45, 2.75) is 26.2 Å². The number of hydrogen-bond acceptors (Lipinski definition) is 2. The lowest BCUT2D eigenvalue weighted by Crippen LogP contribution is -2.41. The van der Waals surface area contributed by atoms with Gasteiger partial charge in [0.05, 0.1) is 5.56 Å². The molecule has 1 aliphatic rings. The van der Waals surface area contributed by atoms with Gasteiger partial charge in [0.1, 0.15) is 5.82 Å². The first kappa shape index (κ1) is 15.0. The molecule has 1 amide bonds. The first-order valence-corrected chi connectivity index (χ1v) is 7.47. The number of rotatable bonds is 5. The molecule has 1 unspecified atom stereocenters. The standard InChI is InChI=1S/C16H23FN2O/c1-2-10-19(12-13-6-5-9-18-11-13)16(20)14-7-3-4-8-15(14)17/h3-4,7-8,13,18H,2,5-6,9-12H2,1H3. The Kier molecular flexibility index (Phi) is 5.53. The number of hydrogen-bond donors (Lipinski definition) is 1. The SMILES string of the molecule is CCCN(CC1CCCNC1)C(=O)c1ccccc1F. The maximum absolute atomic E-state index is 13.8. The fourth-order valence-corrected chi connectivity index (χ4v) is 2.74. The van der Waals surface area contributed by atoms with Gasteiger partial charge in [-0.05, 0) is 50.4 Å². The Balaban J connectivity index is 2.07. The number of nitrogens with one attached hydrogen (secondary N) is 1. The summed E-state index contributed by atoms with van der Waals surface area (Å²) in [5.41, 5.74) is 0.185. The zero-order chi connectivity index (χ0) is 14.4. The Morgan fingerprint density at radius 1 is 1.45 bits per heavy atom. The van der Waals surface area contributed by atoms with Gasteiger partial charge < -0.3 is 10.2 Å². The number of carbonyl (C=O) groups is 1. The maximum Gasteiger partial charge on any atom is 0.256 e. The van der Waals surface area contributed by atoms with Crippen molar-refractivity contribution < 1.29 is 9.18 Å². The van der Waals surface area contributed by atoms with Gasteiger partial charge in [0.2, 0.25) is 0 Å². The molecule has 110 valence electrons. The smallest absolute Gasteiger partial charge is 0.256 e. The van der Waals surface area contributed by atoms with Gasteiger partial charge in [0, 0.05) is 13.1 Å². The summed E-state index contributed by atoms with van der Waals surface area (Å²) in [5, 5.41) is 3.36. The summed E-state index contributed by atoms with van der Waals surface area (Å²) in [4.78, 5) is 14.3. The molecule has 0 saturated carbocycles. The molecule has 1 aromatic carbocycles. The fourth-order valence-electron chi connectivity index (χ4n) is 2.74. The Morgan fingerprint density at radius 2 is 2.25 bits per heavy atom. The first-order valence-electron chi connectivity index (χ1n) is 7.47. The van der Waals surface area contributed by atoms with Crippen LogP contribution >= 0.6 is 0 Å². The van der Waals surface area contributed by atoms with Crippen molar-refractivity contribution in [1.29, 1.82) is 0 Å². The Morgan fingerprint density at radius 3 is 2.90 bits per heavy atom. The molecule has 1 heterocycles. The van der Waals surface area contributed by atoms with Gasteiger partial charge in [-0.2, -0.15) is 0 Å². The minimum Gasteiger partial charge on any atom is -0.338 e. The third-order valence-electron chi connectivity index (χ3n) is 3.76. The van der Waals surface area contributed by atoms with E-state index in [9.17, 15) is 9.18 Å². The van der Waals surface area contributed by atoms with Gasteiger partial charge in [-0.3, -0.25) is 4.79 Å². The molecule has 3 nitrogen and oxygen atoms in total. The molecule has 0 bridgehead atoms. The third kappa shape index (κ3) is 3.79. The van der Waals surface area contributed by atoms with E-state index in [1.165, 1.54) is 6.07 Å². The van der Waals surface area contributed by atoms with Crippen molar-refractivity contribution in [2.75, 3.05) is 26.2 Å². The summed E-state index contributed by atoms with van der Waals surface area (Å²) in [5.74, 6) is -0.137. The van der Waals surface area contributed by atoms with Gasteiger partial charge in [-0.25, -0.2) is 4.39 Å². The summed E-state index contributed by atoms with van der Waals surface area (Å²) in [6, 6.07) is 6.24. The quantitative estimate of drug-likeness (QED) is 0.898. The lowest BCUT2D eigenvalue weighted by Gasteiger charge is -2.30. The number of halogens is 1. The van der Waals surface area contributed by atoms with Gasteiger partial charge in [-0.15, -0.1) is 0 Å². The highest BCUT2D eigenvalue weighted by molar-refractivity contribution is 5.94. The molecule has 1 saturated heterocycles. The van der Waals surface area contributed by atoms with Crippen molar-refractivity contribution in [3.05, 3.63) is 35.6 Å². The van der Waals surface area contributed by atoms with E-state index in [1.54, 1.807) is 23.1 Å². The van der Waals surface area contributed by atoms with Crippen LogP contribution in [0.5, 0.6) is 0 Å². The van der Waals surface area contributed by atoms with Crippen molar-refractivity contribution in [2.24, 2.45) is 5.92 Å². The predicted octanol–water partition coefficient (Wildman–Crippen LogP) is 2.68. The molecule has 1 atom stereocenters. The molecule has 2 rings (SSSR count). The van der Waals surface area contributed by atoms with Crippen LogP contribution in [-0.4, -0.2) is 37.0 Å². The second kappa shape index (κ2) is 7.39. The molecular formula is C16H23FN2O. The normalized spacial score (nSPS) is 18.8. The number of nitrogens with zero attached hydrogens (tertiary/aromatic N) is 1. The van der Waals surface area contributed by atoms with Crippen LogP contribution < -0.4 is 5.32 Å². The Labute approximate surface area is 120 Å². The van der Waals surface area contributed by atoms with Crippen molar-refractivity contribution in [1.82, 2.24) is 10.2 Å². The molecule has 4 heteroatoms. The maximum atomic E-state index is 13.8. The topological polar surface area (TPSA) is 32.3 Å². The van der Waals surface area contributed by atoms with Crippen LogP contribution in [-0.2, 0) is 0 Å². The van der Waals surface area contributed by atoms with Crippen LogP contribution in [0.25, 0.3) is 0 Å².